The summed E-state index contributed by atoms with van der Waals surface area (Å²) >= 11 is 0. The highest BCUT2D eigenvalue weighted by molar-refractivity contribution is 5.76. The Morgan fingerprint density at radius 1 is 1.50 bits per heavy atom. The first-order valence-electron chi connectivity index (χ1n) is 5.10. The largest absolute Gasteiger partial charge is 0.479 e. The van der Waals surface area contributed by atoms with Crippen molar-refractivity contribution in [3.63, 3.8) is 0 Å². The van der Waals surface area contributed by atoms with Crippen molar-refractivity contribution in [1.29, 1.82) is 0 Å². The standard InChI is InChI=1S/C11H18N2O3/c1-7-8(2)12-13(9(7)3)11(4,6-16-5)10(14)15/h6H2,1-5H3,(H,14,15). The lowest BCUT2D eigenvalue weighted by molar-refractivity contribution is -0.150. The number of aromatic nitrogens is 2. The summed E-state index contributed by atoms with van der Waals surface area (Å²) in [6.45, 7) is 7.37. The number of aliphatic carboxylic acids is 1. The molecule has 0 bridgehead atoms. The van der Waals surface area contributed by atoms with Crippen molar-refractivity contribution in [2.45, 2.75) is 33.2 Å². The van der Waals surface area contributed by atoms with Crippen LogP contribution in [0.1, 0.15) is 23.9 Å². The van der Waals surface area contributed by atoms with Crippen LogP contribution in [0.3, 0.4) is 0 Å². The maximum absolute atomic E-state index is 11.3. The maximum atomic E-state index is 11.3. The molecule has 1 aromatic rings. The molecule has 5 nitrogen and oxygen atoms in total. The quantitative estimate of drug-likeness (QED) is 0.839. The van der Waals surface area contributed by atoms with Crippen LogP contribution in [-0.4, -0.2) is 34.6 Å². The summed E-state index contributed by atoms with van der Waals surface area (Å²) in [5, 5.41) is 13.6. The zero-order valence-electron chi connectivity index (χ0n) is 10.4. The Morgan fingerprint density at radius 3 is 2.38 bits per heavy atom. The first-order valence-corrected chi connectivity index (χ1v) is 5.10. The summed E-state index contributed by atoms with van der Waals surface area (Å²) in [5.41, 5.74) is 1.57. The van der Waals surface area contributed by atoms with Crippen molar-refractivity contribution in [2.24, 2.45) is 0 Å². The van der Waals surface area contributed by atoms with Gasteiger partial charge in [0, 0.05) is 12.8 Å². The number of hydrogen-bond acceptors (Lipinski definition) is 3. The number of nitrogens with zero attached hydrogens (tertiary/aromatic N) is 2. The first kappa shape index (κ1) is 12.7. The number of rotatable bonds is 4. The van der Waals surface area contributed by atoms with E-state index in [9.17, 15) is 9.90 Å². The summed E-state index contributed by atoms with van der Waals surface area (Å²) in [5.74, 6) is -0.944. The third-order valence-corrected chi connectivity index (χ3v) is 3.01. The Bertz CT molecular complexity index is 412. The van der Waals surface area contributed by atoms with Gasteiger partial charge in [-0.2, -0.15) is 5.10 Å². The van der Waals surface area contributed by atoms with Crippen LogP contribution < -0.4 is 0 Å². The van der Waals surface area contributed by atoms with Crippen LogP contribution in [0.15, 0.2) is 0 Å². The van der Waals surface area contributed by atoms with Gasteiger partial charge in [0.05, 0.1) is 12.3 Å². The van der Waals surface area contributed by atoms with E-state index in [0.717, 1.165) is 17.0 Å². The molecule has 0 aromatic carbocycles. The van der Waals surface area contributed by atoms with Gasteiger partial charge in [0.25, 0.3) is 0 Å². The minimum Gasteiger partial charge on any atom is -0.479 e. The lowest BCUT2D eigenvalue weighted by Crippen LogP contribution is -2.44. The van der Waals surface area contributed by atoms with Crippen molar-refractivity contribution >= 4 is 5.97 Å². The minimum absolute atomic E-state index is 0.0870. The number of carboxylic acids is 1. The van der Waals surface area contributed by atoms with Crippen molar-refractivity contribution in [2.75, 3.05) is 13.7 Å². The van der Waals surface area contributed by atoms with Gasteiger partial charge in [0.1, 0.15) is 0 Å². The predicted molar refractivity (Wildman–Crippen MR) is 59.6 cm³/mol. The monoisotopic (exact) mass is 226 g/mol. The molecule has 1 heterocycles. The summed E-state index contributed by atoms with van der Waals surface area (Å²) in [6.07, 6.45) is 0. The predicted octanol–water partition coefficient (Wildman–Crippen LogP) is 1.25. The highest BCUT2D eigenvalue weighted by Gasteiger charge is 2.38. The Labute approximate surface area is 95.0 Å². The normalized spacial score (nSPS) is 14.8. The van der Waals surface area contributed by atoms with Crippen LogP contribution in [-0.2, 0) is 15.1 Å². The van der Waals surface area contributed by atoms with Gasteiger partial charge in [0.2, 0.25) is 0 Å². The van der Waals surface area contributed by atoms with Gasteiger partial charge in [-0.1, -0.05) is 0 Å². The summed E-state index contributed by atoms with van der Waals surface area (Å²) in [6, 6.07) is 0. The summed E-state index contributed by atoms with van der Waals surface area (Å²) in [4.78, 5) is 11.3. The molecular formula is C11H18N2O3. The molecule has 0 spiro atoms. The average Bonchev–Trinajstić information content (AvgIpc) is 2.46. The highest BCUT2D eigenvalue weighted by Crippen LogP contribution is 2.22. The lowest BCUT2D eigenvalue weighted by atomic mass is 10.0. The van der Waals surface area contributed by atoms with Crippen LogP contribution in [0.4, 0.5) is 0 Å². The van der Waals surface area contributed by atoms with Gasteiger partial charge >= 0.3 is 5.97 Å². The molecule has 1 unspecified atom stereocenters. The smallest absolute Gasteiger partial charge is 0.333 e. The number of carbonyl (C=O) groups is 1. The zero-order valence-corrected chi connectivity index (χ0v) is 10.4. The van der Waals surface area contributed by atoms with Crippen molar-refractivity contribution in [3.8, 4) is 0 Å². The molecule has 0 aliphatic rings. The van der Waals surface area contributed by atoms with Crippen molar-refractivity contribution < 1.29 is 14.6 Å². The van der Waals surface area contributed by atoms with E-state index in [1.807, 2.05) is 20.8 Å². The first-order chi connectivity index (χ1) is 7.34. The van der Waals surface area contributed by atoms with Gasteiger partial charge in [0.15, 0.2) is 5.54 Å². The fourth-order valence-electron chi connectivity index (χ4n) is 1.70. The van der Waals surface area contributed by atoms with Crippen LogP contribution in [0, 0.1) is 20.8 Å². The number of ether oxygens (including phenoxy) is 1. The van der Waals surface area contributed by atoms with Crippen LogP contribution in [0.5, 0.6) is 0 Å². The Kier molecular flexibility index (Phi) is 3.38. The Hall–Kier alpha value is -1.36. The van der Waals surface area contributed by atoms with E-state index in [2.05, 4.69) is 5.10 Å². The van der Waals surface area contributed by atoms with E-state index in [4.69, 9.17) is 4.74 Å². The Morgan fingerprint density at radius 2 is 2.06 bits per heavy atom. The lowest BCUT2D eigenvalue weighted by Gasteiger charge is -2.26. The molecule has 0 amide bonds. The van der Waals surface area contributed by atoms with E-state index in [1.54, 1.807) is 6.92 Å². The molecule has 0 saturated heterocycles. The van der Waals surface area contributed by atoms with Gasteiger partial charge in [-0.05, 0) is 33.3 Å². The van der Waals surface area contributed by atoms with E-state index in [-0.39, 0.29) is 6.61 Å². The van der Waals surface area contributed by atoms with Crippen LogP contribution in [0.2, 0.25) is 0 Å². The molecule has 90 valence electrons. The van der Waals surface area contributed by atoms with Crippen LogP contribution >= 0.6 is 0 Å². The minimum atomic E-state index is -1.15. The second-order valence-electron chi connectivity index (χ2n) is 4.22. The van der Waals surface area contributed by atoms with E-state index >= 15 is 0 Å². The third kappa shape index (κ3) is 1.82. The molecule has 1 N–H and O–H groups in total. The van der Waals surface area contributed by atoms with Gasteiger partial charge < -0.3 is 9.84 Å². The zero-order chi connectivity index (χ0) is 12.5. The average molecular weight is 226 g/mol. The number of carboxylic acid groups (broad SMARTS) is 1. The van der Waals surface area contributed by atoms with E-state index < -0.39 is 11.5 Å². The van der Waals surface area contributed by atoms with Crippen molar-refractivity contribution in [3.05, 3.63) is 17.0 Å². The SMILES string of the molecule is COCC(C)(C(=O)O)n1nc(C)c(C)c1C. The second kappa shape index (κ2) is 4.25. The molecule has 0 fully saturated rings. The topological polar surface area (TPSA) is 64.3 Å². The van der Waals surface area contributed by atoms with Crippen molar-refractivity contribution in [1.82, 2.24) is 9.78 Å². The third-order valence-electron chi connectivity index (χ3n) is 3.01. The van der Waals surface area contributed by atoms with Gasteiger partial charge in [-0.25, -0.2) is 9.48 Å². The van der Waals surface area contributed by atoms with E-state index in [1.165, 1.54) is 11.8 Å². The fourth-order valence-corrected chi connectivity index (χ4v) is 1.70. The number of hydrogen-bond donors (Lipinski definition) is 1. The molecule has 1 rings (SSSR count). The molecule has 0 aliphatic carbocycles. The molecule has 5 heteroatoms. The van der Waals surface area contributed by atoms with Crippen LogP contribution in [0.25, 0.3) is 0 Å². The number of methoxy groups -OCH3 is 1. The molecule has 16 heavy (non-hydrogen) atoms. The van der Waals surface area contributed by atoms with Gasteiger partial charge in [-0.15, -0.1) is 0 Å². The second-order valence-corrected chi connectivity index (χ2v) is 4.22. The molecule has 0 radical (unpaired) electrons. The molecule has 0 saturated carbocycles. The molecule has 1 atom stereocenters. The Balaban J connectivity index is 3.32. The molecular weight excluding hydrogens is 208 g/mol. The summed E-state index contributed by atoms with van der Waals surface area (Å²) in [7, 11) is 1.49. The summed E-state index contributed by atoms with van der Waals surface area (Å²) < 4.78 is 6.52. The molecule has 1 aromatic heterocycles. The maximum Gasteiger partial charge on any atom is 0.333 e. The highest BCUT2D eigenvalue weighted by atomic mass is 16.5. The molecule has 0 aliphatic heterocycles. The van der Waals surface area contributed by atoms with E-state index in [0.29, 0.717) is 0 Å². The number of aryl methyl sites for hydroxylation is 1. The fraction of sp³-hybridized carbons (Fsp3) is 0.636. The van der Waals surface area contributed by atoms with Gasteiger partial charge in [-0.3, -0.25) is 0 Å².